The molecule has 0 bridgehead atoms. The van der Waals surface area contributed by atoms with Gasteiger partial charge in [-0.05, 0) is 17.9 Å². The minimum atomic E-state index is 0.0827. The lowest BCUT2D eigenvalue weighted by atomic mass is 9.91. The minimum Gasteiger partial charge on any atom is -0.352 e. The maximum absolute atomic E-state index is 11.6. The van der Waals surface area contributed by atoms with Crippen molar-refractivity contribution in [2.75, 3.05) is 13.1 Å². The zero-order chi connectivity index (χ0) is 10.8. The van der Waals surface area contributed by atoms with Crippen molar-refractivity contribution in [3.8, 4) is 0 Å². The van der Waals surface area contributed by atoms with Crippen molar-refractivity contribution in [1.29, 1.82) is 0 Å². The first-order chi connectivity index (χ1) is 6.38. The number of nitrogens with one attached hydrogen (secondary N) is 2. The van der Waals surface area contributed by atoms with Crippen LogP contribution in [0.15, 0.2) is 0 Å². The van der Waals surface area contributed by atoms with Crippen LogP contribution in [-0.2, 0) is 4.79 Å². The Kier molecular flexibility index (Phi) is 3.53. The van der Waals surface area contributed by atoms with Crippen molar-refractivity contribution in [3.05, 3.63) is 0 Å². The molecular formula is C11H22N2O. The Morgan fingerprint density at radius 2 is 2.07 bits per heavy atom. The number of amides is 1. The van der Waals surface area contributed by atoms with Gasteiger partial charge in [-0.3, -0.25) is 4.79 Å². The Labute approximate surface area is 86.6 Å². The molecule has 3 nitrogen and oxygen atoms in total. The highest BCUT2D eigenvalue weighted by atomic mass is 16.1. The smallest absolute Gasteiger partial charge is 0.220 e. The highest BCUT2D eigenvalue weighted by Crippen LogP contribution is 2.18. The molecule has 1 saturated heterocycles. The number of carbonyl (C=O) groups is 1. The lowest BCUT2D eigenvalue weighted by Crippen LogP contribution is -2.40. The van der Waals surface area contributed by atoms with Crippen LogP contribution in [-0.4, -0.2) is 25.0 Å². The summed E-state index contributed by atoms with van der Waals surface area (Å²) in [6.07, 6.45) is 0.607. The maximum Gasteiger partial charge on any atom is 0.220 e. The second-order valence-corrected chi connectivity index (χ2v) is 5.55. The van der Waals surface area contributed by atoms with Crippen LogP contribution < -0.4 is 10.6 Å². The Morgan fingerprint density at radius 1 is 1.43 bits per heavy atom. The molecular weight excluding hydrogens is 176 g/mol. The van der Waals surface area contributed by atoms with Crippen LogP contribution in [0.1, 0.15) is 34.1 Å². The van der Waals surface area contributed by atoms with Gasteiger partial charge >= 0.3 is 0 Å². The normalized spacial score (nSPS) is 27.7. The van der Waals surface area contributed by atoms with Crippen molar-refractivity contribution in [2.45, 2.75) is 40.2 Å². The summed E-state index contributed by atoms with van der Waals surface area (Å²) in [6.45, 7) is 10.4. The van der Waals surface area contributed by atoms with Gasteiger partial charge < -0.3 is 10.6 Å². The van der Waals surface area contributed by atoms with Crippen LogP contribution >= 0.6 is 0 Å². The average Bonchev–Trinajstić information content (AvgIpc) is 2.32. The molecule has 2 N–H and O–H groups in total. The molecule has 1 aliphatic heterocycles. The third-order valence-electron chi connectivity index (χ3n) is 2.55. The first-order valence-electron chi connectivity index (χ1n) is 5.38. The number of hydrogen-bond donors (Lipinski definition) is 2. The van der Waals surface area contributed by atoms with Gasteiger partial charge in [-0.1, -0.05) is 27.7 Å². The molecule has 82 valence electrons. The summed E-state index contributed by atoms with van der Waals surface area (Å²) in [5, 5.41) is 6.36. The number of carbonyl (C=O) groups excluding carboxylic acids is 1. The van der Waals surface area contributed by atoms with Crippen LogP contribution in [0.25, 0.3) is 0 Å². The molecule has 2 atom stereocenters. The van der Waals surface area contributed by atoms with Gasteiger partial charge in [-0.15, -0.1) is 0 Å². The Balaban J connectivity index is 2.33. The molecule has 0 spiro atoms. The third kappa shape index (κ3) is 3.66. The van der Waals surface area contributed by atoms with Crippen molar-refractivity contribution < 1.29 is 4.79 Å². The summed E-state index contributed by atoms with van der Waals surface area (Å²) in [5.41, 5.74) is 0.0827. The quantitative estimate of drug-likeness (QED) is 0.699. The topological polar surface area (TPSA) is 41.1 Å². The van der Waals surface area contributed by atoms with E-state index in [0.717, 1.165) is 13.1 Å². The highest BCUT2D eigenvalue weighted by molar-refractivity contribution is 5.77. The first kappa shape index (κ1) is 11.5. The van der Waals surface area contributed by atoms with Gasteiger partial charge in [-0.2, -0.15) is 0 Å². The fraction of sp³-hybridized carbons (Fsp3) is 0.909. The molecule has 2 unspecified atom stereocenters. The zero-order valence-electron chi connectivity index (χ0n) is 9.68. The van der Waals surface area contributed by atoms with E-state index in [1.165, 1.54) is 0 Å². The highest BCUT2D eigenvalue weighted by Gasteiger charge is 2.25. The van der Waals surface area contributed by atoms with Gasteiger partial charge in [0, 0.05) is 19.0 Å². The minimum absolute atomic E-state index is 0.0827. The van der Waals surface area contributed by atoms with E-state index in [0.29, 0.717) is 18.4 Å². The summed E-state index contributed by atoms with van der Waals surface area (Å²) >= 11 is 0. The van der Waals surface area contributed by atoms with Gasteiger partial charge in [0.25, 0.3) is 0 Å². The molecule has 0 aromatic carbocycles. The predicted molar refractivity (Wildman–Crippen MR) is 58.0 cm³/mol. The molecule has 0 radical (unpaired) electrons. The molecule has 0 saturated carbocycles. The fourth-order valence-electron chi connectivity index (χ4n) is 1.74. The van der Waals surface area contributed by atoms with Crippen molar-refractivity contribution in [3.63, 3.8) is 0 Å². The van der Waals surface area contributed by atoms with Crippen LogP contribution in [0.3, 0.4) is 0 Å². The summed E-state index contributed by atoms with van der Waals surface area (Å²) in [7, 11) is 0. The summed E-state index contributed by atoms with van der Waals surface area (Å²) < 4.78 is 0. The maximum atomic E-state index is 11.6. The summed E-state index contributed by atoms with van der Waals surface area (Å²) in [6, 6.07) is 0.324. The molecule has 1 amide bonds. The van der Waals surface area contributed by atoms with E-state index < -0.39 is 0 Å². The Morgan fingerprint density at radius 3 is 2.50 bits per heavy atom. The third-order valence-corrected chi connectivity index (χ3v) is 2.55. The first-order valence-corrected chi connectivity index (χ1v) is 5.38. The SMILES string of the molecule is CC1CNCC1NC(=O)CC(C)(C)C. The summed E-state index contributed by atoms with van der Waals surface area (Å²) in [4.78, 5) is 11.6. The van der Waals surface area contributed by atoms with Crippen LogP contribution in [0, 0.1) is 11.3 Å². The number of hydrogen-bond acceptors (Lipinski definition) is 2. The second kappa shape index (κ2) is 4.30. The van der Waals surface area contributed by atoms with Crippen LogP contribution in [0.5, 0.6) is 0 Å². The molecule has 1 fully saturated rings. The van der Waals surface area contributed by atoms with Crippen LogP contribution in [0.4, 0.5) is 0 Å². The molecule has 1 heterocycles. The molecule has 1 rings (SSSR count). The van der Waals surface area contributed by atoms with E-state index in [1.807, 2.05) is 0 Å². The standard InChI is InChI=1S/C11H22N2O/c1-8-6-12-7-9(8)13-10(14)5-11(2,3)4/h8-9,12H,5-7H2,1-4H3,(H,13,14). The van der Waals surface area contributed by atoms with E-state index in [-0.39, 0.29) is 11.3 Å². The van der Waals surface area contributed by atoms with Crippen LogP contribution in [0.2, 0.25) is 0 Å². The Hall–Kier alpha value is -0.570. The van der Waals surface area contributed by atoms with Gasteiger partial charge in [0.05, 0.1) is 0 Å². The monoisotopic (exact) mass is 198 g/mol. The molecule has 0 aromatic heterocycles. The zero-order valence-corrected chi connectivity index (χ0v) is 9.68. The van der Waals surface area contributed by atoms with Crippen molar-refractivity contribution >= 4 is 5.91 Å². The number of rotatable bonds is 2. The van der Waals surface area contributed by atoms with E-state index >= 15 is 0 Å². The molecule has 0 aliphatic carbocycles. The van der Waals surface area contributed by atoms with Gasteiger partial charge in [0.2, 0.25) is 5.91 Å². The average molecular weight is 198 g/mol. The largest absolute Gasteiger partial charge is 0.352 e. The van der Waals surface area contributed by atoms with E-state index in [2.05, 4.69) is 38.3 Å². The Bertz CT molecular complexity index is 208. The lowest BCUT2D eigenvalue weighted by Gasteiger charge is -2.21. The summed E-state index contributed by atoms with van der Waals surface area (Å²) in [5.74, 6) is 0.733. The fourth-order valence-corrected chi connectivity index (χ4v) is 1.74. The van der Waals surface area contributed by atoms with Crippen molar-refractivity contribution in [1.82, 2.24) is 10.6 Å². The van der Waals surface area contributed by atoms with Gasteiger partial charge in [-0.25, -0.2) is 0 Å². The molecule has 0 aromatic rings. The van der Waals surface area contributed by atoms with Gasteiger partial charge in [0.1, 0.15) is 0 Å². The van der Waals surface area contributed by atoms with E-state index in [1.54, 1.807) is 0 Å². The molecule has 3 heteroatoms. The van der Waals surface area contributed by atoms with E-state index in [9.17, 15) is 4.79 Å². The molecule has 1 aliphatic rings. The predicted octanol–water partition coefficient (Wildman–Crippen LogP) is 1.15. The second-order valence-electron chi connectivity index (χ2n) is 5.55. The van der Waals surface area contributed by atoms with Crippen molar-refractivity contribution in [2.24, 2.45) is 11.3 Å². The van der Waals surface area contributed by atoms with Gasteiger partial charge in [0.15, 0.2) is 0 Å². The van der Waals surface area contributed by atoms with E-state index in [4.69, 9.17) is 0 Å². The molecule has 14 heavy (non-hydrogen) atoms. The lowest BCUT2D eigenvalue weighted by molar-refractivity contribution is -0.123.